The van der Waals surface area contributed by atoms with Crippen LogP contribution in [0.2, 0.25) is 0 Å². The molecule has 14 heteroatoms. The lowest BCUT2D eigenvalue weighted by atomic mass is 9.95. The van der Waals surface area contributed by atoms with Crippen molar-refractivity contribution in [2.75, 3.05) is 37.5 Å². The van der Waals surface area contributed by atoms with E-state index in [1.807, 2.05) is 0 Å². The number of anilines is 1. The number of phenolic OH excluding ortho intramolecular Hbond substituents is 1. The van der Waals surface area contributed by atoms with Crippen molar-refractivity contribution in [2.24, 2.45) is 0 Å². The topological polar surface area (TPSA) is 87.9 Å². The van der Waals surface area contributed by atoms with Crippen LogP contribution >= 0.6 is 11.8 Å². The molecule has 3 heterocycles. The first kappa shape index (κ1) is 29.8. The second-order valence-corrected chi connectivity index (χ2v) is 11.4. The van der Waals surface area contributed by atoms with Crippen molar-refractivity contribution in [3.8, 4) is 16.9 Å². The van der Waals surface area contributed by atoms with Crippen LogP contribution in [0.3, 0.4) is 0 Å². The summed E-state index contributed by atoms with van der Waals surface area (Å²) in [5.41, 5.74) is -3.15. The van der Waals surface area contributed by atoms with Crippen molar-refractivity contribution in [1.29, 1.82) is 0 Å². The van der Waals surface area contributed by atoms with E-state index in [9.17, 15) is 32.3 Å². The summed E-state index contributed by atoms with van der Waals surface area (Å²) < 4.78 is 79.7. The summed E-state index contributed by atoms with van der Waals surface area (Å²) in [4.78, 5) is 33.5. The van der Waals surface area contributed by atoms with Gasteiger partial charge in [-0.3, -0.25) is 9.36 Å². The number of halogens is 5. The summed E-state index contributed by atoms with van der Waals surface area (Å²) in [5, 5.41) is 9.97. The second kappa shape index (κ2) is 10.9. The number of ether oxygens (including phenoxy) is 1. The summed E-state index contributed by atoms with van der Waals surface area (Å²) >= 11 is 0.980. The van der Waals surface area contributed by atoms with Gasteiger partial charge in [-0.25, -0.2) is 13.6 Å². The Morgan fingerprint density at radius 2 is 1.86 bits per heavy atom. The maximum atomic E-state index is 15.1. The van der Waals surface area contributed by atoms with Crippen LogP contribution < -0.4 is 10.6 Å². The van der Waals surface area contributed by atoms with E-state index in [1.54, 1.807) is 23.6 Å². The number of piperazine rings is 1. The van der Waals surface area contributed by atoms with E-state index in [1.165, 1.54) is 17.8 Å². The summed E-state index contributed by atoms with van der Waals surface area (Å²) in [6.45, 7) is 7.47. The fraction of sp³-hybridized carbons (Fsp3) is 0.393. The first-order chi connectivity index (χ1) is 19.8. The monoisotopic (exact) mass is 610 g/mol. The van der Waals surface area contributed by atoms with Gasteiger partial charge in [-0.2, -0.15) is 18.2 Å². The molecule has 0 spiro atoms. The number of nitrogens with zero attached hydrogens (tertiary/aromatic N) is 4. The first-order valence-electron chi connectivity index (χ1n) is 13.0. The molecule has 0 unspecified atom stereocenters. The van der Waals surface area contributed by atoms with Crippen LogP contribution in [0.5, 0.6) is 5.75 Å². The lowest BCUT2D eigenvalue weighted by Gasteiger charge is -2.45. The number of thioether (sulfide) groups is 1. The third-order valence-electron chi connectivity index (χ3n) is 7.55. The number of aromatic nitrogens is 2. The number of hydrogen-bond acceptors (Lipinski definition) is 7. The maximum Gasteiger partial charge on any atom is 0.417 e. The summed E-state index contributed by atoms with van der Waals surface area (Å²) in [5.74, 6) is -3.85. The minimum atomic E-state index is -5.01. The van der Waals surface area contributed by atoms with Gasteiger partial charge in [0.25, 0.3) is 0 Å². The van der Waals surface area contributed by atoms with E-state index in [-0.39, 0.29) is 65.1 Å². The zero-order chi connectivity index (χ0) is 30.7. The third-order valence-corrected chi connectivity index (χ3v) is 8.79. The molecule has 0 aliphatic carbocycles. The van der Waals surface area contributed by atoms with Gasteiger partial charge >= 0.3 is 11.9 Å². The molecular weight excluding hydrogens is 583 g/mol. The summed E-state index contributed by atoms with van der Waals surface area (Å²) in [7, 11) is 1.42. The van der Waals surface area contributed by atoms with Crippen molar-refractivity contribution in [3.63, 3.8) is 0 Å². The quantitative estimate of drug-likeness (QED) is 0.323. The van der Waals surface area contributed by atoms with Crippen LogP contribution in [0, 0.1) is 11.6 Å². The van der Waals surface area contributed by atoms with E-state index in [0.29, 0.717) is 12.1 Å². The van der Waals surface area contributed by atoms with E-state index in [0.717, 1.165) is 17.8 Å². The largest absolute Gasteiger partial charge is 0.505 e. The third kappa shape index (κ3) is 4.89. The van der Waals surface area contributed by atoms with Crippen molar-refractivity contribution in [3.05, 3.63) is 58.5 Å². The number of alkyl halides is 3. The predicted octanol–water partition coefficient (Wildman–Crippen LogP) is 4.97. The Morgan fingerprint density at radius 1 is 1.19 bits per heavy atom. The number of benzene rings is 2. The highest BCUT2D eigenvalue weighted by atomic mass is 32.2. The standard InChI is InChI=1S/C28H27F5N4O4S/c1-5-22(39)36-13(2)9-35(10-14(36)3)26-17-6-18(28(31,32)33)23(16-7-21(38)20(30)8-19(16)29)25-24(17)37(27(40)34-26)15(11-41-4)12-42-25/h5-8,13-15,38H,1,9-12H2,2-4H3/t13-,14+,15-/m0/s1. The Balaban J connectivity index is 1.85. The minimum absolute atomic E-state index is 0.00335. The molecule has 2 aliphatic rings. The van der Waals surface area contributed by atoms with Crippen LogP contribution in [0.4, 0.5) is 27.8 Å². The van der Waals surface area contributed by atoms with E-state index < -0.39 is 52.0 Å². The molecule has 2 aliphatic heterocycles. The number of amides is 1. The van der Waals surface area contributed by atoms with Gasteiger partial charge in [-0.1, -0.05) is 6.58 Å². The Hall–Kier alpha value is -3.65. The van der Waals surface area contributed by atoms with Gasteiger partial charge in [0.15, 0.2) is 11.6 Å². The van der Waals surface area contributed by atoms with Gasteiger partial charge < -0.3 is 19.6 Å². The zero-order valence-corrected chi connectivity index (χ0v) is 23.7. The van der Waals surface area contributed by atoms with Crippen LogP contribution in [0.25, 0.3) is 22.0 Å². The molecule has 224 valence electrons. The Kier molecular flexibility index (Phi) is 7.73. The highest BCUT2D eigenvalue weighted by Crippen LogP contribution is 2.50. The first-order valence-corrected chi connectivity index (χ1v) is 14.0. The number of aromatic hydroxyl groups is 1. The minimum Gasteiger partial charge on any atom is -0.505 e. The fourth-order valence-electron chi connectivity index (χ4n) is 5.90. The molecule has 0 bridgehead atoms. The van der Waals surface area contributed by atoms with Gasteiger partial charge in [0.1, 0.15) is 11.6 Å². The number of hydrogen-bond donors (Lipinski definition) is 1. The average molecular weight is 611 g/mol. The van der Waals surface area contributed by atoms with Gasteiger partial charge in [-0.05, 0) is 32.1 Å². The number of methoxy groups -OCH3 is 1. The van der Waals surface area contributed by atoms with E-state index in [2.05, 4.69) is 11.6 Å². The van der Waals surface area contributed by atoms with Gasteiger partial charge in [-0.15, -0.1) is 11.8 Å². The lowest BCUT2D eigenvalue weighted by molar-refractivity contribution is -0.137. The van der Waals surface area contributed by atoms with Crippen LogP contribution in [0.15, 0.2) is 40.5 Å². The molecular formula is C28H27F5N4O4S. The predicted molar refractivity (Wildman–Crippen MR) is 148 cm³/mol. The molecule has 1 aromatic heterocycles. The van der Waals surface area contributed by atoms with Crippen molar-refractivity contribution < 1.29 is 36.6 Å². The van der Waals surface area contributed by atoms with E-state index in [4.69, 9.17) is 4.74 Å². The van der Waals surface area contributed by atoms with Crippen LogP contribution in [-0.2, 0) is 15.7 Å². The average Bonchev–Trinajstić information content (AvgIpc) is 2.91. The fourth-order valence-corrected chi connectivity index (χ4v) is 7.22. The number of carbonyl (C=O) groups is 1. The maximum absolute atomic E-state index is 15.1. The zero-order valence-electron chi connectivity index (χ0n) is 22.8. The number of phenols is 1. The highest BCUT2D eigenvalue weighted by Gasteiger charge is 2.41. The van der Waals surface area contributed by atoms with E-state index >= 15 is 4.39 Å². The molecule has 3 atom stereocenters. The molecule has 0 saturated carbocycles. The van der Waals surface area contributed by atoms with Crippen molar-refractivity contribution in [1.82, 2.24) is 14.5 Å². The summed E-state index contributed by atoms with van der Waals surface area (Å²) in [6, 6.07) is 0.376. The number of carbonyl (C=O) groups excluding carboxylic acids is 1. The Labute approximate surface area is 241 Å². The molecule has 1 N–H and O–H groups in total. The van der Waals surface area contributed by atoms with Crippen LogP contribution in [-0.4, -0.2) is 70.1 Å². The molecule has 2 aromatic carbocycles. The van der Waals surface area contributed by atoms with Crippen molar-refractivity contribution >= 4 is 34.4 Å². The molecule has 42 heavy (non-hydrogen) atoms. The second-order valence-electron chi connectivity index (χ2n) is 10.4. The normalized spacial score (nSPS) is 20.7. The number of rotatable bonds is 5. The van der Waals surface area contributed by atoms with Gasteiger partial charge in [0.2, 0.25) is 5.91 Å². The van der Waals surface area contributed by atoms with Gasteiger partial charge in [0.05, 0.1) is 23.7 Å². The molecule has 1 saturated heterocycles. The Morgan fingerprint density at radius 3 is 2.45 bits per heavy atom. The Bertz CT molecular complexity index is 1650. The molecule has 0 radical (unpaired) electrons. The molecule has 8 nitrogen and oxygen atoms in total. The smallest absolute Gasteiger partial charge is 0.417 e. The molecule has 5 rings (SSSR count). The van der Waals surface area contributed by atoms with Gasteiger partial charge in [0, 0.05) is 65.5 Å². The lowest BCUT2D eigenvalue weighted by Crippen LogP contribution is -2.58. The SMILES string of the molecule is C=CC(=O)N1[C@H](C)CN(c2nc(=O)n3c4c(c(-c5cc(O)c(F)cc5F)c(C(F)(F)F)cc24)SC[C@@H]3COC)C[C@@H]1C. The molecule has 3 aromatic rings. The highest BCUT2D eigenvalue weighted by molar-refractivity contribution is 7.99. The van der Waals surface area contributed by atoms with Crippen molar-refractivity contribution in [2.45, 2.75) is 43.0 Å². The van der Waals surface area contributed by atoms with Crippen LogP contribution in [0.1, 0.15) is 25.5 Å². The molecule has 1 amide bonds. The molecule has 1 fully saturated rings. The summed E-state index contributed by atoms with van der Waals surface area (Å²) in [6.07, 6.45) is -3.82.